The van der Waals surface area contributed by atoms with Crippen LogP contribution in [-0.4, -0.2) is 55.9 Å². The van der Waals surface area contributed by atoms with Gasteiger partial charge in [0.1, 0.15) is 5.78 Å². The Kier molecular flexibility index (Phi) is 5.69. The van der Waals surface area contributed by atoms with Gasteiger partial charge >= 0.3 is 0 Å². The van der Waals surface area contributed by atoms with Crippen molar-refractivity contribution in [1.82, 2.24) is 9.80 Å². The molecule has 164 valence electrons. The van der Waals surface area contributed by atoms with Gasteiger partial charge in [-0.15, -0.1) is 0 Å². The maximum atomic E-state index is 12.3. The summed E-state index contributed by atoms with van der Waals surface area (Å²) in [5.41, 5.74) is 5.98. The fourth-order valence-corrected chi connectivity index (χ4v) is 7.23. The van der Waals surface area contributed by atoms with Crippen LogP contribution >= 0.6 is 31.9 Å². The lowest BCUT2D eigenvalue weighted by Gasteiger charge is -2.24. The number of ketones is 1. The predicted molar refractivity (Wildman–Crippen MR) is 133 cm³/mol. The van der Waals surface area contributed by atoms with Crippen molar-refractivity contribution in [2.45, 2.75) is 42.9 Å². The molecule has 2 unspecified atom stereocenters. The van der Waals surface area contributed by atoms with Gasteiger partial charge in [0.05, 0.1) is 5.41 Å². The zero-order chi connectivity index (χ0) is 21.8. The van der Waals surface area contributed by atoms with Crippen LogP contribution in [0.3, 0.4) is 0 Å². The van der Waals surface area contributed by atoms with Gasteiger partial charge in [0, 0.05) is 33.9 Å². The van der Waals surface area contributed by atoms with E-state index in [0.29, 0.717) is 17.6 Å². The minimum Gasteiger partial charge on any atom is -0.305 e. The van der Waals surface area contributed by atoms with E-state index in [9.17, 15) is 4.79 Å². The molecule has 6 rings (SSSR count). The van der Waals surface area contributed by atoms with Crippen molar-refractivity contribution in [3.63, 3.8) is 0 Å². The van der Waals surface area contributed by atoms with Crippen molar-refractivity contribution in [2.24, 2.45) is 0 Å². The Morgan fingerprint density at radius 1 is 0.806 bits per heavy atom. The van der Waals surface area contributed by atoms with Gasteiger partial charge in [-0.3, -0.25) is 4.79 Å². The van der Waals surface area contributed by atoms with Crippen LogP contribution in [-0.2, 0) is 28.5 Å². The Balaban J connectivity index is 0.000000132. The van der Waals surface area contributed by atoms with Crippen LogP contribution in [0.15, 0.2) is 45.3 Å². The average Bonchev–Trinajstić information content (AvgIpc) is 3.46. The van der Waals surface area contributed by atoms with Gasteiger partial charge in [0.2, 0.25) is 0 Å². The highest BCUT2D eigenvalue weighted by Crippen LogP contribution is 2.46. The number of fused-ring (bicyclic) bond motifs is 4. The molecular formula is C26H30Br2N2O. The molecule has 2 aromatic rings. The van der Waals surface area contributed by atoms with E-state index in [2.05, 4.69) is 92.2 Å². The van der Waals surface area contributed by atoms with Crippen LogP contribution < -0.4 is 0 Å². The maximum absolute atomic E-state index is 12.3. The van der Waals surface area contributed by atoms with Crippen molar-refractivity contribution in [3.8, 4) is 0 Å². The summed E-state index contributed by atoms with van der Waals surface area (Å²) in [4.78, 5) is 17.0. The second-order valence-electron chi connectivity index (χ2n) is 10.0. The third kappa shape index (κ3) is 3.76. The van der Waals surface area contributed by atoms with Crippen molar-refractivity contribution < 1.29 is 4.79 Å². The van der Waals surface area contributed by atoms with Crippen molar-refractivity contribution >= 4 is 37.6 Å². The largest absolute Gasteiger partial charge is 0.305 e. The third-order valence-electron chi connectivity index (χ3n) is 7.98. The summed E-state index contributed by atoms with van der Waals surface area (Å²) in [5.74, 6) is 0.407. The minimum atomic E-state index is -0.190. The standard InChI is InChI=1S/C13H14BrNO.C13H16BrN/c1-15-5-4-13(8-15)11-3-2-10(14)6-9(11)7-12(13)16;1-15-7-6-13(9-15)5-4-10-8-11(14)2-3-12(10)13/h2-3,6H,4-5,7-8H2,1H3;2-3,8H,4-7,9H2,1H3. The summed E-state index contributed by atoms with van der Waals surface area (Å²) in [7, 11) is 4.34. The van der Waals surface area contributed by atoms with Crippen LogP contribution in [0.5, 0.6) is 0 Å². The van der Waals surface area contributed by atoms with Crippen LogP contribution in [0, 0.1) is 0 Å². The van der Waals surface area contributed by atoms with Gasteiger partial charge in [-0.05, 0) is 99.4 Å². The molecule has 3 nitrogen and oxygen atoms in total. The zero-order valence-electron chi connectivity index (χ0n) is 18.4. The molecule has 2 heterocycles. The first kappa shape index (κ1) is 21.8. The van der Waals surface area contributed by atoms with Gasteiger partial charge in [-0.1, -0.05) is 44.0 Å². The van der Waals surface area contributed by atoms with Gasteiger partial charge in [0.15, 0.2) is 0 Å². The first-order chi connectivity index (χ1) is 14.8. The van der Waals surface area contributed by atoms with E-state index < -0.39 is 0 Å². The molecule has 2 spiro atoms. The summed E-state index contributed by atoms with van der Waals surface area (Å²) in [5, 5.41) is 0. The first-order valence-electron chi connectivity index (χ1n) is 11.3. The first-order valence-corrected chi connectivity index (χ1v) is 12.9. The number of nitrogens with zero attached hydrogens (tertiary/aromatic N) is 2. The molecule has 4 aliphatic rings. The number of rotatable bonds is 0. The number of benzene rings is 2. The van der Waals surface area contributed by atoms with Gasteiger partial charge in [0.25, 0.3) is 0 Å². The number of likely N-dealkylation sites (N-methyl/N-ethyl adjacent to an activating group) is 2. The number of hydrogen-bond acceptors (Lipinski definition) is 3. The van der Waals surface area contributed by atoms with Gasteiger partial charge in [-0.2, -0.15) is 0 Å². The van der Waals surface area contributed by atoms with E-state index in [4.69, 9.17) is 0 Å². The molecule has 0 saturated carbocycles. The van der Waals surface area contributed by atoms with E-state index in [1.54, 1.807) is 11.1 Å². The topological polar surface area (TPSA) is 23.6 Å². The lowest BCUT2D eigenvalue weighted by Crippen LogP contribution is -2.34. The summed E-state index contributed by atoms with van der Waals surface area (Å²) >= 11 is 7.04. The molecule has 2 saturated heterocycles. The Labute approximate surface area is 202 Å². The zero-order valence-corrected chi connectivity index (χ0v) is 21.6. The van der Waals surface area contributed by atoms with E-state index >= 15 is 0 Å². The number of Topliss-reactive ketones (excluding diaryl/α,β-unsaturated/α-hetero) is 1. The molecule has 31 heavy (non-hydrogen) atoms. The number of carbonyl (C=O) groups excluding carboxylic acids is 1. The quantitative estimate of drug-likeness (QED) is 0.459. The molecule has 2 aromatic carbocycles. The maximum Gasteiger partial charge on any atom is 0.149 e. The van der Waals surface area contributed by atoms with Crippen molar-refractivity contribution in [2.75, 3.05) is 40.3 Å². The molecule has 2 aliphatic carbocycles. The number of aryl methyl sites for hydroxylation is 1. The SMILES string of the molecule is CN1CCC2(C1)C(=O)Cc1cc(Br)ccc12.CN1CCC2(CCc3cc(Br)ccc32)C1. The highest BCUT2D eigenvalue weighted by molar-refractivity contribution is 9.10. The molecule has 5 heteroatoms. The summed E-state index contributed by atoms with van der Waals surface area (Å²) in [6.07, 6.45) is 5.56. The Hall–Kier alpha value is -1.01. The van der Waals surface area contributed by atoms with E-state index in [1.807, 2.05) is 0 Å². The van der Waals surface area contributed by atoms with Gasteiger partial charge < -0.3 is 9.80 Å². The number of carbonyl (C=O) groups is 1. The second-order valence-corrected chi connectivity index (χ2v) is 11.9. The van der Waals surface area contributed by atoms with E-state index in [0.717, 1.165) is 24.0 Å². The Morgan fingerprint density at radius 3 is 2.10 bits per heavy atom. The number of hydrogen-bond donors (Lipinski definition) is 0. The average molecular weight is 546 g/mol. The molecule has 0 amide bonds. The van der Waals surface area contributed by atoms with E-state index in [1.165, 1.54) is 48.0 Å². The van der Waals surface area contributed by atoms with Gasteiger partial charge in [-0.25, -0.2) is 0 Å². The van der Waals surface area contributed by atoms with Crippen molar-refractivity contribution in [3.05, 3.63) is 67.6 Å². The molecule has 0 bridgehead atoms. The van der Waals surface area contributed by atoms with Crippen LogP contribution in [0.2, 0.25) is 0 Å². The molecule has 0 radical (unpaired) electrons. The normalized spacial score (nSPS) is 29.5. The smallest absolute Gasteiger partial charge is 0.149 e. The predicted octanol–water partition coefficient (Wildman–Crippen LogP) is 5.12. The number of halogens is 2. The van der Waals surface area contributed by atoms with E-state index in [-0.39, 0.29) is 5.41 Å². The summed E-state index contributed by atoms with van der Waals surface area (Å²) in [6, 6.07) is 13.1. The van der Waals surface area contributed by atoms with Crippen molar-refractivity contribution in [1.29, 1.82) is 0 Å². The number of likely N-dealkylation sites (tertiary alicyclic amines) is 2. The van der Waals surface area contributed by atoms with Crippen LogP contribution in [0.25, 0.3) is 0 Å². The molecular weight excluding hydrogens is 516 g/mol. The molecule has 2 aliphatic heterocycles. The monoisotopic (exact) mass is 544 g/mol. The van der Waals surface area contributed by atoms with Crippen LogP contribution in [0.1, 0.15) is 41.5 Å². The fraction of sp³-hybridized carbons (Fsp3) is 0.500. The molecule has 2 atom stereocenters. The summed E-state index contributed by atoms with van der Waals surface area (Å²) in [6.45, 7) is 4.43. The third-order valence-corrected chi connectivity index (χ3v) is 8.97. The highest BCUT2D eigenvalue weighted by Gasteiger charge is 2.49. The minimum absolute atomic E-state index is 0.190. The highest BCUT2D eigenvalue weighted by atomic mass is 79.9. The summed E-state index contributed by atoms with van der Waals surface area (Å²) < 4.78 is 2.30. The Morgan fingerprint density at radius 2 is 1.45 bits per heavy atom. The second kappa shape index (κ2) is 8.09. The Bertz CT molecular complexity index is 1040. The molecule has 2 fully saturated rings. The van der Waals surface area contributed by atoms with Crippen LogP contribution in [0.4, 0.5) is 0 Å². The molecule has 0 aromatic heterocycles. The molecule has 0 N–H and O–H groups in total. The lowest BCUT2D eigenvalue weighted by atomic mass is 9.80. The lowest BCUT2D eigenvalue weighted by molar-refractivity contribution is -0.122. The fourth-order valence-electron chi connectivity index (χ4n) is 6.41.